The van der Waals surface area contributed by atoms with Crippen molar-refractivity contribution in [3.05, 3.63) is 220 Å². The Morgan fingerprint density at radius 1 is 0.379 bits per heavy atom. The molecule has 280 valence electrons. The molecule has 1 nitrogen and oxygen atoms in total. The molecule has 3 aliphatic rings. The maximum absolute atomic E-state index is 2.52. The molecule has 1 heteroatoms. The first-order chi connectivity index (χ1) is 28.1. The zero-order valence-electron chi connectivity index (χ0n) is 34.2. The van der Waals surface area contributed by atoms with E-state index >= 15 is 0 Å². The van der Waals surface area contributed by atoms with Crippen LogP contribution in [0.3, 0.4) is 0 Å². The molecule has 58 heavy (non-hydrogen) atoms. The van der Waals surface area contributed by atoms with E-state index in [2.05, 4.69) is 222 Å². The minimum absolute atomic E-state index is 0.00972. The second kappa shape index (κ2) is 12.3. The number of fused-ring (bicyclic) bond motifs is 13. The first-order valence-electron chi connectivity index (χ1n) is 20.8. The summed E-state index contributed by atoms with van der Waals surface area (Å²) in [6.07, 6.45) is 0. The summed E-state index contributed by atoms with van der Waals surface area (Å²) in [5.74, 6) is 0. The van der Waals surface area contributed by atoms with Crippen LogP contribution < -0.4 is 4.90 Å². The van der Waals surface area contributed by atoms with Gasteiger partial charge < -0.3 is 4.90 Å². The molecule has 8 aromatic carbocycles. The predicted octanol–water partition coefficient (Wildman–Crippen LogP) is 15.1. The normalized spacial score (nSPS) is 16.3. The van der Waals surface area contributed by atoms with E-state index in [0.717, 1.165) is 17.1 Å². The van der Waals surface area contributed by atoms with Crippen LogP contribution in [0, 0.1) is 6.92 Å². The van der Waals surface area contributed by atoms with Crippen LogP contribution >= 0.6 is 0 Å². The minimum Gasteiger partial charge on any atom is -0.310 e. The SMILES string of the molecule is Cc1ccccc1-c1ccc(N(c2ccc3c(c2)-c2ccccc2C3(C)C)c2ccc3c(c2)C2(c4ccccc4-3)c3ccccc3-c3ccc(C(C)(C)C)cc32)cc1. The highest BCUT2D eigenvalue weighted by Gasteiger charge is 2.52. The van der Waals surface area contributed by atoms with Crippen molar-refractivity contribution in [3.63, 3.8) is 0 Å². The van der Waals surface area contributed by atoms with E-state index in [1.807, 2.05) is 0 Å². The van der Waals surface area contributed by atoms with Gasteiger partial charge in [-0.2, -0.15) is 0 Å². The van der Waals surface area contributed by atoms with E-state index in [1.165, 1.54) is 89.0 Å². The van der Waals surface area contributed by atoms with Gasteiger partial charge in [-0.25, -0.2) is 0 Å². The molecule has 0 saturated heterocycles. The molecule has 0 fully saturated rings. The lowest BCUT2D eigenvalue weighted by atomic mass is 9.69. The van der Waals surface area contributed by atoms with Crippen LogP contribution in [-0.2, 0) is 16.2 Å². The van der Waals surface area contributed by atoms with E-state index in [0.29, 0.717) is 0 Å². The van der Waals surface area contributed by atoms with Gasteiger partial charge in [0.15, 0.2) is 0 Å². The Morgan fingerprint density at radius 3 is 1.48 bits per heavy atom. The molecule has 1 atom stereocenters. The van der Waals surface area contributed by atoms with E-state index in [9.17, 15) is 0 Å². The summed E-state index contributed by atoms with van der Waals surface area (Å²) < 4.78 is 0. The number of hydrogen-bond donors (Lipinski definition) is 0. The van der Waals surface area contributed by atoms with Crippen molar-refractivity contribution >= 4 is 17.1 Å². The van der Waals surface area contributed by atoms with Crippen molar-refractivity contribution in [2.24, 2.45) is 0 Å². The molecule has 0 bridgehead atoms. The summed E-state index contributed by atoms with van der Waals surface area (Å²) in [5.41, 5.74) is 24.2. The van der Waals surface area contributed by atoms with Gasteiger partial charge in [0.2, 0.25) is 0 Å². The smallest absolute Gasteiger partial charge is 0.0726 e. The molecule has 0 heterocycles. The Balaban J connectivity index is 1.17. The standard InChI is InChI=1S/C57H47N/c1-36-15-7-8-16-42(36)37-23-26-39(27-24-37)58(40-29-32-50-48(34-40)45-19-9-12-20-49(45)56(50,5)6)41-28-31-47-44-18-11-14-22-52(44)57(54(47)35-41)51-21-13-10-17-43(51)46-30-25-38(33-53(46)57)55(2,3)4/h7-35H,1-6H3. The fourth-order valence-electron chi connectivity index (χ4n) is 10.7. The minimum atomic E-state index is -0.448. The van der Waals surface area contributed by atoms with Crippen molar-refractivity contribution in [2.45, 2.75) is 57.8 Å². The quantitative estimate of drug-likeness (QED) is 0.173. The van der Waals surface area contributed by atoms with Gasteiger partial charge in [-0.3, -0.25) is 0 Å². The van der Waals surface area contributed by atoms with Crippen LogP contribution in [0.15, 0.2) is 176 Å². The average Bonchev–Trinajstić information content (AvgIpc) is 3.79. The fraction of sp³-hybridized carbons (Fsp3) is 0.158. The largest absolute Gasteiger partial charge is 0.310 e. The van der Waals surface area contributed by atoms with Crippen LogP contribution in [0.2, 0.25) is 0 Å². The maximum atomic E-state index is 2.52. The first-order valence-corrected chi connectivity index (χ1v) is 20.8. The van der Waals surface area contributed by atoms with E-state index in [4.69, 9.17) is 0 Å². The lowest BCUT2D eigenvalue weighted by Crippen LogP contribution is -2.27. The monoisotopic (exact) mass is 745 g/mol. The van der Waals surface area contributed by atoms with Gasteiger partial charge in [-0.1, -0.05) is 174 Å². The summed E-state index contributed by atoms with van der Waals surface area (Å²) in [5, 5.41) is 0. The van der Waals surface area contributed by atoms with E-state index in [1.54, 1.807) is 0 Å². The lowest BCUT2D eigenvalue weighted by Gasteiger charge is -2.33. The fourth-order valence-corrected chi connectivity index (χ4v) is 10.7. The summed E-state index contributed by atoms with van der Waals surface area (Å²) in [4.78, 5) is 2.49. The second-order valence-corrected chi connectivity index (χ2v) is 18.2. The number of benzene rings is 8. The van der Waals surface area contributed by atoms with Crippen molar-refractivity contribution < 1.29 is 0 Å². The predicted molar refractivity (Wildman–Crippen MR) is 244 cm³/mol. The lowest BCUT2D eigenvalue weighted by molar-refractivity contribution is 0.588. The molecule has 8 aromatic rings. The molecule has 1 spiro atoms. The number of nitrogens with zero attached hydrogens (tertiary/aromatic N) is 1. The average molecular weight is 746 g/mol. The highest BCUT2D eigenvalue weighted by atomic mass is 15.1. The summed E-state index contributed by atoms with van der Waals surface area (Å²) >= 11 is 0. The third kappa shape index (κ3) is 4.77. The van der Waals surface area contributed by atoms with Gasteiger partial charge >= 0.3 is 0 Å². The summed E-state index contributed by atoms with van der Waals surface area (Å²) in [6.45, 7) is 13.9. The number of hydrogen-bond acceptors (Lipinski definition) is 1. The van der Waals surface area contributed by atoms with Gasteiger partial charge in [-0.15, -0.1) is 0 Å². The zero-order chi connectivity index (χ0) is 39.6. The Labute approximate surface area is 343 Å². The van der Waals surface area contributed by atoms with Gasteiger partial charge in [0.25, 0.3) is 0 Å². The summed E-state index contributed by atoms with van der Waals surface area (Å²) in [6, 6.07) is 66.8. The molecule has 1 unspecified atom stereocenters. The summed E-state index contributed by atoms with van der Waals surface area (Å²) in [7, 11) is 0. The molecule has 0 aromatic heterocycles. The highest BCUT2D eigenvalue weighted by molar-refractivity contribution is 5.97. The van der Waals surface area contributed by atoms with Crippen LogP contribution in [-0.4, -0.2) is 0 Å². The van der Waals surface area contributed by atoms with Crippen molar-refractivity contribution in [1.29, 1.82) is 0 Å². The molecule has 3 aliphatic carbocycles. The second-order valence-electron chi connectivity index (χ2n) is 18.2. The van der Waals surface area contributed by atoms with Gasteiger partial charge in [0, 0.05) is 22.5 Å². The molecular weight excluding hydrogens is 699 g/mol. The topological polar surface area (TPSA) is 3.24 Å². The van der Waals surface area contributed by atoms with Crippen LogP contribution in [0.5, 0.6) is 0 Å². The number of anilines is 3. The third-order valence-corrected chi connectivity index (χ3v) is 13.6. The van der Waals surface area contributed by atoms with Gasteiger partial charge in [0.1, 0.15) is 0 Å². The molecule has 0 radical (unpaired) electrons. The molecule has 0 amide bonds. The Hall–Kier alpha value is -6.44. The maximum Gasteiger partial charge on any atom is 0.0726 e. The van der Waals surface area contributed by atoms with Crippen LogP contribution in [0.4, 0.5) is 17.1 Å². The van der Waals surface area contributed by atoms with Gasteiger partial charge in [-0.05, 0) is 138 Å². The molecular formula is C57H47N. The molecule has 0 saturated carbocycles. The highest BCUT2D eigenvalue weighted by Crippen LogP contribution is 2.64. The Kier molecular flexibility index (Phi) is 7.36. The number of aryl methyl sites for hydroxylation is 1. The van der Waals surface area contributed by atoms with Crippen molar-refractivity contribution in [1.82, 2.24) is 0 Å². The molecule has 0 aliphatic heterocycles. The van der Waals surface area contributed by atoms with Crippen molar-refractivity contribution in [3.8, 4) is 44.5 Å². The first kappa shape index (κ1) is 34.8. The third-order valence-electron chi connectivity index (χ3n) is 13.6. The van der Waals surface area contributed by atoms with E-state index < -0.39 is 5.41 Å². The Bertz CT molecular complexity index is 2960. The molecule has 0 N–H and O–H groups in total. The Morgan fingerprint density at radius 2 is 0.845 bits per heavy atom. The van der Waals surface area contributed by atoms with Crippen LogP contribution in [0.25, 0.3) is 44.5 Å². The zero-order valence-corrected chi connectivity index (χ0v) is 34.2. The number of rotatable bonds is 4. The van der Waals surface area contributed by atoms with E-state index in [-0.39, 0.29) is 10.8 Å². The molecule has 11 rings (SSSR count). The van der Waals surface area contributed by atoms with Crippen LogP contribution in [0.1, 0.15) is 79.1 Å². The van der Waals surface area contributed by atoms with Gasteiger partial charge in [0.05, 0.1) is 5.41 Å². The van der Waals surface area contributed by atoms with Crippen molar-refractivity contribution in [2.75, 3.05) is 4.90 Å².